The molecule has 0 bridgehead atoms. The normalized spacial score (nSPS) is 20.4. The summed E-state index contributed by atoms with van der Waals surface area (Å²) in [5, 5.41) is 4.81. The van der Waals surface area contributed by atoms with Gasteiger partial charge in [0, 0.05) is 17.4 Å². The Morgan fingerprint density at radius 3 is 2.74 bits per heavy atom. The Morgan fingerprint density at radius 2 is 2.11 bits per heavy atom. The van der Waals surface area contributed by atoms with Crippen LogP contribution in [0.15, 0.2) is 46.5 Å². The fraction of sp³-hybridized carbons (Fsp3) is 0.450. The van der Waals surface area contributed by atoms with Crippen LogP contribution in [-0.2, 0) is 9.53 Å². The van der Waals surface area contributed by atoms with E-state index in [4.69, 9.17) is 21.3 Å². The maximum atomic E-state index is 12.5. The van der Waals surface area contributed by atoms with E-state index >= 15 is 0 Å². The van der Waals surface area contributed by atoms with E-state index in [1.165, 1.54) is 20.0 Å². The Balaban J connectivity index is 1.81. The minimum absolute atomic E-state index is 0.0776. The summed E-state index contributed by atoms with van der Waals surface area (Å²) in [4.78, 5) is 21.6. The highest BCUT2D eigenvalue weighted by Crippen LogP contribution is 2.47. The monoisotopic (exact) mass is 386 g/mol. The smallest absolute Gasteiger partial charge is 0.338 e. The Hall–Kier alpha value is -2.18. The second-order valence-corrected chi connectivity index (χ2v) is 8.11. The molecule has 0 atom stereocenters. The van der Waals surface area contributed by atoms with Crippen LogP contribution in [0.2, 0.25) is 5.02 Å². The summed E-state index contributed by atoms with van der Waals surface area (Å²) < 4.78 is 5.04. The van der Waals surface area contributed by atoms with Gasteiger partial charge >= 0.3 is 5.97 Å². The maximum Gasteiger partial charge on any atom is 0.338 e. The van der Waals surface area contributed by atoms with Crippen molar-refractivity contribution in [3.63, 3.8) is 0 Å². The second-order valence-electron chi connectivity index (χ2n) is 7.71. The molecular weight excluding hydrogens is 364 g/mol. The predicted octanol–water partition coefficient (Wildman–Crippen LogP) is 3.55. The third kappa shape index (κ3) is 2.97. The van der Waals surface area contributed by atoms with Crippen molar-refractivity contribution in [2.75, 3.05) is 13.7 Å². The molecule has 0 unspecified atom stereocenters. The van der Waals surface area contributed by atoms with Gasteiger partial charge in [0.1, 0.15) is 5.69 Å². The molecule has 0 radical (unpaired) electrons. The molecule has 142 valence electrons. The third-order valence-corrected chi connectivity index (χ3v) is 5.91. The van der Waals surface area contributed by atoms with E-state index in [2.05, 4.69) is 23.8 Å². The fourth-order valence-electron chi connectivity index (χ4n) is 3.85. The largest absolute Gasteiger partial charge is 0.466 e. The van der Waals surface area contributed by atoms with Crippen molar-refractivity contribution in [3.8, 4) is 0 Å². The standard InChI is InChI=1S/C20H23ClN4O2/c1-12-10-16(17-15(21)6-5-9-22-17)23-18-14(19(26)27-4)11-24(25(12)18)20(2,3)13-7-8-13/h5-6,9-10,13H,7-8,11H2,1-4H3. The molecule has 6 nitrogen and oxygen atoms in total. The average molecular weight is 387 g/mol. The van der Waals surface area contributed by atoms with Gasteiger partial charge in [0.05, 0.1) is 30.0 Å². The van der Waals surface area contributed by atoms with Gasteiger partial charge in [-0.2, -0.15) is 0 Å². The molecule has 1 aliphatic carbocycles. The van der Waals surface area contributed by atoms with E-state index in [-0.39, 0.29) is 11.5 Å². The first-order chi connectivity index (χ1) is 12.8. The van der Waals surface area contributed by atoms with Crippen LogP contribution in [-0.4, -0.2) is 45.9 Å². The number of carbonyl (C=O) groups excluding carboxylic acids is 1. The van der Waals surface area contributed by atoms with Crippen LogP contribution in [0.5, 0.6) is 0 Å². The van der Waals surface area contributed by atoms with Crippen LogP contribution in [0, 0.1) is 5.92 Å². The number of fused-ring (bicyclic) bond motifs is 1. The number of hydrogen-bond acceptors (Lipinski definition) is 6. The van der Waals surface area contributed by atoms with E-state index in [1.54, 1.807) is 18.3 Å². The number of pyridine rings is 1. The van der Waals surface area contributed by atoms with Crippen molar-refractivity contribution >= 4 is 23.3 Å². The summed E-state index contributed by atoms with van der Waals surface area (Å²) in [6.45, 7) is 6.94. The van der Waals surface area contributed by atoms with Crippen LogP contribution in [0.1, 0.15) is 39.3 Å². The molecular formula is C20H23ClN4O2. The zero-order chi connectivity index (χ0) is 19.3. The quantitative estimate of drug-likeness (QED) is 0.740. The van der Waals surface area contributed by atoms with Gasteiger partial charge in [-0.15, -0.1) is 0 Å². The summed E-state index contributed by atoms with van der Waals surface area (Å²) >= 11 is 6.32. The second kappa shape index (κ2) is 6.46. The number of methoxy groups -OCH3 is 1. The van der Waals surface area contributed by atoms with Crippen LogP contribution in [0.3, 0.4) is 0 Å². The first kappa shape index (κ1) is 18.2. The molecule has 0 N–H and O–H groups in total. The van der Waals surface area contributed by atoms with Gasteiger partial charge in [0.15, 0.2) is 5.82 Å². The molecule has 3 aliphatic rings. The Morgan fingerprint density at radius 1 is 1.37 bits per heavy atom. The lowest BCUT2D eigenvalue weighted by atomic mass is 9.97. The topological polar surface area (TPSA) is 58.0 Å². The van der Waals surface area contributed by atoms with E-state index in [1.807, 2.05) is 18.0 Å². The minimum Gasteiger partial charge on any atom is -0.466 e. The lowest BCUT2D eigenvalue weighted by Crippen LogP contribution is -2.52. The van der Waals surface area contributed by atoms with Gasteiger partial charge in [-0.1, -0.05) is 11.6 Å². The molecule has 4 rings (SSSR count). The number of hydrazine groups is 1. The van der Waals surface area contributed by atoms with Gasteiger partial charge < -0.3 is 4.74 Å². The Bertz CT molecular complexity index is 899. The molecule has 0 saturated heterocycles. The zero-order valence-electron chi connectivity index (χ0n) is 16.0. The first-order valence-corrected chi connectivity index (χ1v) is 9.49. The summed E-state index contributed by atoms with van der Waals surface area (Å²) in [6.07, 6.45) is 6.07. The number of nitrogens with zero attached hydrogens (tertiary/aromatic N) is 4. The highest BCUT2D eigenvalue weighted by molar-refractivity contribution is 6.34. The van der Waals surface area contributed by atoms with Crippen molar-refractivity contribution in [2.24, 2.45) is 10.9 Å². The van der Waals surface area contributed by atoms with Gasteiger partial charge in [0.25, 0.3) is 0 Å². The van der Waals surface area contributed by atoms with Crippen molar-refractivity contribution in [2.45, 2.75) is 39.2 Å². The van der Waals surface area contributed by atoms with E-state index < -0.39 is 0 Å². The number of aromatic nitrogens is 1. The Labute approximate surface area is 164 Å². The van der Waals surface area contributed by atoms with Gasteiger partial charge in [-0.05, 0) is 57.7 Å². The minimum atomic E-state index is -0.353. The molecule has 0 aromatic carbocycles. The fourth-order valence-corrected chi connectivity index (χ4v) is 4.07. The molecule has 27 heavy (non-hydrogen) atoms. The lowest BCUT2D eigenvalue weighted by molar-refractivity contribution is -0.136. The Kier molecular flexibility index (Phi) is 4.35. The molecule has 0 spiro atoms. The number of allylic oxidation sites excluding steroid dienone is 2. The molecule has 3 heterocycles. The van der Waals surface area contributed by atoms with Gasteiger partial charge in [-0.3, -0.25) is 9.99 Å². The van der Waals surface area contributed by atoms with Crippen LogP contribution < -0.4 is 0 Å². The lowest BCUT2D eigenvalue weighted by Gasteiger charge is -2.44. The highest BCUT2D eigenvalue weighted by atomic mass is 35.5. The van der Waals surface area contributed by atoms with E-state index in [0.29, 0.717) is 40.3 Å². The molecule has 1 aromatic heterocycles. The summed E-state index contributed by atoms with van der Waals surface area (Å²) in [6, 6.07) is 3.57. The SMILES string of the molecule is COC(=O)C1=C2N=C(c3ncccc3Cl)C=C(C)N2N(C(C)(C)C2CC2)C1. The van der Waals surface area contributed by atoms with E-state index in [9.17, 15) is 4.79 Å². The van der Waals surface area contributed by atoms with Gasteiger partial charge in [0.2, 0.25) is 0 Å². The number of hydrogen-bond donors (Lipinski definition) is 0. The maximum absolute atomic E-state index is 12.5. The summed E-state index contributed by atoms with van der Waals surface area (Å²) in [7, 11) is 1.40. The molecule has 1 fully saturated rings. The number of carbonyl (C=O) groups is 1. The van der Waals surface area contributed by atoms with Crippen molar-refractivity contribution in [3.05, 3.63) is 52.2 Å². The average Bonchev–Trinajstić information content (AvgIpc) is 3.43. The van der Waals surface area contributed by atoms with Crippen LogP contribution >= 0.6 is 11.6 Å². The molecule has 0 amide bonds. The number of esters is 1. The molecule has 2 aliphatic heterocycles. The first-order valence-electron chi connectivity index (χ1n) is 9.11. The molecule has 1 saturated carbocycles. The molecule has 1 aromatic rings. The summed E-state index contributed by atoms with van der Waals surface area (Å²) in [5.41, 5.74) is 2.71. The van der Waals surface area contributed by atoms with E-state index in [0.717, 1.165) is 5.70 Å². The number of halogens is 1. The number of aliphatic imine (C=N–C) groups is 1. The predicted molar refractivity (Wildman–Crippen MR) is 104 cm³/mol. The van der Waals surface area contributed by atoms with Crippen molar-refractivity contribution < 1.29 is 9.53 Å². The third-order valence-electron chi connectivity index (χ3n) is 5.60. The van der Waals surface area contributed by atoms with Gasteiger partial charge in [-0.25, -0.2) is 14.8 Å². The van der Waals surface area contributed by atoms with Crippen LogP contribution in [0.4, 0.5) is 0 Å². The van der Waals surface area contributed by atoms with Crippen molar-refractivity contribution in [1.29, 1.82) is 0 Å². The van der Waals surface area contributed by atoms with Crippen LogP contribution in [0.25, 0.3) is 0 Å². The molecule has 7 heteroatoms. The summed E-state index contributed by atoms with van der Waals surface area (Å²) in [5.74, 6) is 0.862. The van der Waals surface area contributed by atoms with Crippen molar-refractivity contribution in [1.82, 2.24) is 15.0 Å². The zero-order valence-corrected chi connectivity index (χ0v) is 16.7. The highest BCUT2D eigenvalue weighted by Gasteiger charge is 2.49. The number of rotatable bonds is 4. The number of ether oxygens (including phenoxy) is 1.